The zero-order valence-electron chi connectivity index (χ0n) is 14.7. The Bertz CT molecular complexity index is 740. The summed E-state index contributed by atoms with van der Waals surface area (Å²) in [4.78, 5) is 30.9. The molecule has 1 aliphatic carbocycles. The molecule has 26 heavy (non-hydrogen) atoms. The molecule has 7 heteroatoms. The summed E-state index contributed by atoms with van der Waals surface area (Å²) < 4.78 is 10.8. The second kappa shape index (κ2) is 6.25. The third-order valence-corrected chi connectivity index (χ3v) is 5.76. The number of likely N-dealkylation sites (tertiary alicyclic amines) is 1. The van der Waals surface area contributed by atoms with Crippen molar-refractivity contribution < 1.29 is 19.1 Å². The molecule has 0 aromatic heterocycles. The fraction of sp³-hybridized carbons (Fsp3) is 0.579. The second-order valence-electron chi connectivity index (χ2n) is 7.55. The van der Waals surface area contributed by atoms with Gasteiger partial charge in [0.05, 0.1) is 12.5 Å². The van der Waals surface area contributed by atoms with Gasteiger partial charge in [0.15, 0.2) is 11.5 Å². The van der Waals surface area contributed by atoms with Crippen LogP contribution in [0, 0.1) is 0 Å². The first-order valence-corrected chi connectivity index (χ1v) is 9.40. The average molecular weight is 357 g/mol. The van der Waals surface area contributed by atoms with Crippen molar-refractivity contribution in [1.29, 1.82) is 0 Å². The molecule has 0 N–H and O–H groups in total. The van der Waals surface area contributed by atoms with E-state index >= 15 is 0 Å². The summed E-state index contributed by atoms with van der Waals surface area (Å²) in [5.74, 6) is 1.67. The Morgan fingerprint density at radius 1 is 1.00 bits per heavy atom. The van der Waals surface area contributed by atoms with Crippen LogP contribution in [0.2, 0.25) is 0 Å². The lowest BCUT2D eigenvalue weighted by Crippen LogP contribution is -2.52. The number of carbonyl (C=O) groups excluding carboxylic acids is 2. The molecule has 138 valence electrons. The summed E-state index contributed by atoms with van der Waals surface area (Å²) in [6, 6.07) is 6.03. The zero-order chi connectivity index (χ0) is 17.7. The zero-order valence-corrected chi connectivity index (χ0v) is 14.7. The fourth-order valence-corrected chi connectivity index (χ4v) is 4.17. The lowest BCUT2D eigenvalue weighted by Gasteiger charge is -2.37. The van der Waals surface area contributed by atoms with Crippen molar-refractivity contribution in [3.63, 3.8) is 0 Å². The molecular formula is C19H23N3O4. The van der Waals surface area contributed by atoms with Crippen LogP contribution in [0.3, 0.4) is 0 Å². The lowest BCUT2D eigenvalue weighted by atomic mass is 10.1. The van der Waals surface area contributed by atoms with E-state index < -0.39 is 0 Å². The predicted molar refractivity (Wildman–Crippen MR) is 92.7 cm³/mol. The fourth-order valence-electron chi connectivity index (χ4n) is 4.17. The largest absolute Gasteiger partial charge is 0.454 e. The smallest absolute Gasteiger partial charge is 0.247 e. The molecule has 1 atom stereocenters. The monoisotopic (exact) mass is 357 g/mol. The van der Waals surface area contributed by atoms with Gasteiger partial charge in [0.1, 0.15) is 0 Å². The number of rotatable bonds is 4. The number of fused-ring (bicyclic) bond motifs is 1. The number of hydrogen-bond donors (Lipinski definition) is 0. The molecule has 3 fully saturated rings. The van der Waals surface area contributed by atoms with Crippen LogP contribution in [0.25, 0.3) is 0 Å². The van der Waals surface area contributed by atoms with E-state index in [9.17, 15) is 9.59 Å². The van der Waals surface area contributed by atoms with Gasteiger partial charge in [-0.25, -0.2) is 0 Å². The van der Waals surface area contributed by atoms with Crippen LogP contribution >= 0.6 is 0 Å². The molecule has 2 amide bonds. The quantitative estimate of drug-likeness (QED) is 0.744. The topological polar surface area (TPSA) is 62.3 Å². The van der Waals surface area contributed by atoms with Crippen molar-refractivity contribution in [3.05, 3.63) is 23.8 Å². The number of benzene rings is 1. The average Bonchev–Trinajstić information content (AvgIpc) is 3.28. The Kier molecular flexibility index (Phi) is 3.86. The van der Waals surface area contributed by atoms with E-state index in [2.05, 4.69) is 15.9 Å². The number of ether oxygens (including phenoxy) is 2. The molecule has 1 aromatic carbocycles. The van der Waals surface area contributed by atoms with Gasteiger partial charge >= 0.3 is 0 Å². The maximum atomic E-state index is 12.6. The molecule has 1 aromatic rings. The second-order valence-corrected chi connectivity index (χ2v) is 7.55. The Labute approximate surface area is 152 Å². The van der Waals surface area contributed by atoms with Gasteiger partial charge in [-0.2, -0.15) is 0 Å². The highest BCUT2D eigenvalue weighted by molar-refractivity contribution is 6.06. The molecule has 0 unspecified atom stereocenters. The summed E-state index contributed by atoms with van der Waals surface area (Å²) in [6.07, 6.45) is 2.32. The van der Waals surface area contributed by atoms with Crippen LogP contribution in [0.4, 0.5) is 0 Å². The normalized spacial score (nSPS) is 26.8. The van der Waals surface area contributed by atoms with Gasteiger partial charge in [0.2, 0.25) is 18.6 Å². The Morgan fingerprint density at radius 2 is 1.77 bits per heavy atom. The van der Waals surface area contributed by atoms with Crippen LogP contribution in [0.5, 0.6) is 11.5 Å². The number of nitrogens with zero attached hydrogens (tertiary/aromatic N) is 3. The molecule has 0 radical (unpaired) electrons. The van der Waals surface area contributed by atoms with E-state index in [1.165, 1.54) is 10.5 Å². The standard InChI is InChI=1S/C19H23N3O4/c23-18-10-15(19(24)22(18)14-2-3-14)21-7-5-20(6-8-21)11-13-1-4-16-17(9-13)26-12-25-16/h1,4,9,14-15H,2-3,5-8,10-12H2/t15-/m1/s1. The molecule has 5 rings (SSSR count). The highest BCUT2D eigenvalue weighted by atomic mass is 16.7. The first kappa shape index (κ1) is 16.1. The molecule has 0 spiro atoms. The summed E-state index contributed by atoms with van der Waals surface area (Å²) in [7, 11) is 0. The van der Waals surface area contributed by atoms with E-state index in [1.807, 2.05) is 12.1 Å². The van der Waals surface area contributed by atoms with Gasteiger partial charge in [0, 0.05) is 38.8 Å². The summed E-state index contributed by atoms with van der Waals surface area (Å²) in [5, 5.41) is 0. The number of carbonyl (C=O) groups is 2. The van der Waals surface area contributed by atoms with Crippen molar-refractivity contribution in [2.75, 3.05) is 33.0 Å². The minimum Gasteiger partial charge on any atom is -0.454 e. The number of amides is 2. The third-order valence-electron chi connectivity index (χ3n) is 5.76. The van der Waals surface area contributed by atoms with Gasteiger partial charge in [-0.3, -0.25) is 24.3 Å². The van der Waals surface area contributed by atoms with E-state index in [1.54, 1.807) is 0 Å². The number of imide groups is 1. The van der Waals surface area contributed by atoms with E-state index in [0.717, 1.165) is 57.1 Å². The summed E-state index contributed by atoms with van der Waals surface area (Å²) in [5.41, 5.74) is 1.20. The van der Waals surface area contributed by atoms with Gasteiger partial charge in [-0.15, -0.1) is 0 Å². The maximum absolute atomic E-state index is 12.6. The number of piperazine rings is 1. The Morgan fingerprint density at radius 3 is 2.54 bits per heavy atom. The minimum atomic E-state index is -0.240. The highest BCUT2D eigenvalue weighted by Gasteiger charge is 2.48. The first-order valence-electron chi connectivity index (χ1n) is 9.40. The van der Waals surface area contributed by atoms with Crippen LogP contribution in [0.15, 0.2) is 18.2 Å². The molecule has 3 aliphatic heterocycles. The lowest BCUT2D eigenvalue weighted by molar-refractivity contribution is -0.140. The third kappa shape index (κ3) is 2.85. The SMILES string of the molecule is O=C1C[C@@H](N2CCN(Cc3ccc4c(c3)OCO4)CC2)C(=O)N1C1CC1. The predicted octanol–water partition coefficient (Wildman–Crippen LogP) is 0.823. The van der Waals surface area contributed by atoms with Gasteiger partial charge in [-0.05, 0) is 30.5 Å². The van der Waals surface area contributed by atoms with Gasteiger partial charge in [-0.1, -0.05) is 6.07 Å². The molecule has 0 bridgehead atoms. The van der Waals surface area contributed by atoms with E-state index in [-0.39, 0.29) is 23.9 Å². The Balaban J connectivity index is 1.18. The maximum Gasteiger partial charge on any atom is 0.247 e. The van der Waals surface area contributed by atoms with Crippen LogP contribution in [-0.2, 0) is 16.1 Å². The highest BCUT2D eigenvalue weighted by Crippen LogP contribution is 2.34. The summed E-state index contributed by atoms with van der Waals surface area (Å²) in [6.45, 7) is 4.60. The van der Waals surface area contributed by atoms with Crippen LogP contribution < -0.4 is 9.47 Å². The molecule has 1 saturated carbocycles. The molecule has 2 saturated heterocycles. The molecule has 7 nitrogen and oxygen atoms in total. The van der Waals surface area contributed by atoms with Gasteiger partial charge in [0.25, 0.3) is 0 Å². The molecule has 4 aliphatic rings. The van der Waals surface area contributed by atoms with Gasteiger partial charge < -0.3 is 9.47 Å². The summed E-state index contributed by atoms with van der Waals surface area (Å²) >= 11 is 0. The van der Waals surface area contributed by atoms with E-state index in [0.29, 0.717) is 13.2 Å². The first-order chi connectivity index (χ1) is 12.7. The van der Waals surface area contributed by atoms with Crippen LogP contribution in [0.1, 0.15) is 24.8 Å². The number of hydrogen-bond acceptors (Lipinski definition) is 6. The van der Waals surface area contributed by atoms with Crippen molar-refractivity contribution in [3.8, 4) is 11.5 Å². The minimum absolute atomic E-state index is 0.0188. The van der Waals surface area contributed by atoms with Crippen molar-refractivity contribution in [2.45, 2.75) is 37.9 Å². The van der Waals surface area contributed by atoms with Crippen LogP contribution in [-0.4, -0.2) is 71.6 Å². The van der Waals surface area contributed by atoms with Crippen molar-refractivity contribution >= 4 is 11.8 Å². The molecular weight excluding hydrogens is 334 g/mol. The van der Waals surface area contributed by atoms with Crippen molar-refractivity contribution in [1.82, 2.24) is 14.7 Å². The van der Waals surface area contributed by atoms with Crippen molar-refractivity contribution in [2.24, 2.45) is 0 Å². The Hall–Kier alpha value is -2.12. The van der Waals surface area contributed by atoms with E-state index in [4.69, 9.17) is 9.47 Å². The molecule has 3 heterocycles.